The molecule has 0 saturated heterocycles. The number of halogens is 12. The van der Waals surface area contributed by atoms with Crippen molar-refractivity contribution in [3.05, 3.63) is 268 Å². The first-order valence-corrected chi connectivity index (χ1v) is 28.9. The summed E-state index contributed by atoms with van der Waals surface area (Å²) in [7, 11) is 0. The van der Waals surface area contributed by atoms with Crippen LogP contribution in [0.5, 0.6) is 23.0 Å². The predicted octanol–water partition coefficient (Wildman–Crippen LogP) is 17.9. The number of hydrogen-bond donors (Lipinski definition) is 0. The Morgan fingerprint density at radius 2 is 0.835 bits per heavy atom. The van der Waals surface area contributed by atoms with Crippen molar-refractivity contribution in [3.63, 3.8) is 0 Å². The van der Waals surface area contributed by atoms with E-state index in [4.69, 9.17) is 18.9 Å². The van der Waals surface area contributed by atoms with Crippen LogP contribution in [0.15, 0.2) is 183 Å². The molecule has 0 saturated carbocycles. The van der Waals surface area contributed by atoms with Gasteiger partial charge in [-0.15, -0.1) is 17.1 Å². The molecule has 0 atom stereocenters. The zero-order chi connectivity index (χ0) is 70.3. The van der Waals surface area contributed by atoms with Crippen molar-refractivity contribution in [2.45, 2.75) is 93.9 Å². The number of carbonyl (C=O) groups excluding carboxylic acids is 4. The molecule has 0 unspecified atom stereocenters. The topological polar surface area (TPSA) is 158 Å². The summed E-state index contributed by atoms with van der Waals surface area (Å²) in [5, 5.41) is 0. The summed E-state index contributed by atoms with van der Waals surface area (Å²) in [5.74, 6) is -3.67. The molecule has 0 amide bonds. The molecule has 2 aliphatic rings. The Labute approximate surface area is 557 Å². The summed E-state index contributed by atoms with van der Waals surface area (Å²) in [4.78, 5) is 71.4. The number of allylic oxidation sites excluding steroid dienone is 2. The Kier molecular flexibility index (Phi) is 21.1. The molecule has 0 spiro atoms. The minimum absolute atomic E-state index is 0. The van der Waals surface area contributed by atoms with Crippen LogP contribution in [-0.4, -0.2) is 35.8 Å². The van der Waals surface area contributed by atoms with E-state index in [1.54, 1.807) is 41.5 Å². The van der Waals surface area contributed by atoms with Gasteiger partial charge in [0.05, 0.1) is 50.5 Å². The fourth-order valence-electron chi connectivity index (χ4n) is 10.8. The first kappa shape index (κ1) is 72.6. The van der Waals surface area contributed by atoms with E-state index in [0.29, 0.717) is 73.2 Å². The third-order valence-electron chi connectivity index (χ3n) is 15.5. The third-order valence-corrected chi connectivity index (χ3v) is 15.5. The number of esters is 4. The maximum atomic E-state index is 13.3. The molecule has 0 fully saturated rings. The summed E-state index contributed by atoms with van der Waals surface area (Å²) in [5.41, 5.74) is 6.50. The molecule has 97 heavy (non-hydrogen) atoms. The number of ether oxygens (including phenoxy) is 4. The average Bonchev–Trinajstić information content (AvgIpc) is 1.50. The van der Waals surface area contributed by atoms with Gasteiger partial charge in [-0.3, -0.25) is 9.98 Å². The number of rotatable bonds is 12. The van der Waals surface area contributed by atoms with Crippen LogP contribution >= 0.6 is 0 Å². The van der Waals surface area contributed by atoms with Crippen LogP contribution in [-0.2, 0) is 51.1 Å². The third kappa shape index (κ3) is 16.0. The van der Waals surface area contributed by atoms with Gasteiger partial charge in [-0.25, -0.2) is 19.2 Å². The van der Waals surface area contributed by atoms with Gasteiger partial charge >= 0.3 is 65.4 Å². The zero-order valence-electron chi connectivity index (χ0n) is 52.8. The van der Waals surface area contributed by atoms with Crippen molar-refractivity contribution in [2.24, 2.45) is 9.98 Å². The van der Waals surface area contributed by atoms with E-state index >= 15 is 0 Å². The fourth-order valence-corrected chi connectivity index (χ4v) is 10.8. The van der Waals surface area contributed by atoms with Crippen LogP contribution in [0.3, 0.4) is 0 Å². The molecule has 1 radical (unpaired) electrons. The van der Waals surface area contributed by atoms with Gasteiger partial charge in [0.1, 0.15) is 23.0 Å². The Bertz CT molecular complexity index is 4580. The number of aromatic nitrogens is 2. The molecule has 25 heteroatoms. The van der Waals surface area contributed by atoms with Crippen LogP contribution in [0.4, 0.5) is 52.7 Å². The van der Waals surface area contributed by atoms with Gasteiger partial charge in [-0.1, -0.05) is 65.6 Å². The molecule has 12 nitrogen and oxygen atoms in total. The standard InChI is InChI=1S/2C36H28F6N2O4.Co/c1-18-14-19(2)29(20(3)15-18)30(31-21(4)27(16-43-31)33(45)47-25-10-6-23(7-11-25)35(37,38)39)32-22(5)28(17-44-32)34(46)48-26-12-8-24(9-13-26)36(40,41)42;1-18-6-8-23(9-7-18)30(31-19(2)28(21(4)43-31)33(45)47-26-14-10-24(11-15-26)35(37,38)39)32-20(3)29(22(5)44-32)34(46)48-27-16-12-25(13-17-27)36(40,41)42;/h2*6-17H,1-5H3,(H,43,44,45,46);/q;;+2/p-2. The molecule has 10 rings (SSSR count). The Balaban J connectivity index is 0.000000245. The molecule has 0 aliphatic carbocycles. The Morgan fingerprint density at radius 1 is 0.423 bits per heavy atom. The number of aryl methyl sites for hydroxylation is 5. The predicted molar refractivity (Wildman–Crippen MR) is 332 cm³/mol. The smallest absolute Gasteiger partial charge is 0.663 e. The molecule has 6 aromatic carbocycles. The van der Waals surface area contributed by atoms with E-state index in [1.807, 2.05) is 64.1 Å². The van der Waals surface area contributed by atoms with Crippen LogP contribution in [0.1, 0.15) is 125 Å². The molecule has 2 aliphatic heterocycles. The summed E-state index contributed by atoms with van der Waals surface area (Å²) in [6.07, 6.45) is -15.6. The van der Waals surface area contributed by atoms with Crippen molar-refractivity contribution in [3.8, 4) is 23.0 Å². The van der Waals surface area contributed by atoms with Gasteiger partial charge in [0, 0.05) is 17.3 Å². The SMILES string of the molecule is CC1=C(C(=O)Oc2ccc(C(F)(F)F)cc2)C=N/C1=C(\c1[n-]cc(C(=O)Oc2ccc(C(F)(F)F)cc2)c1C)c1c(C)cc(C)cc1C.CC1=N/C(=C(/c2ccc(C)cc2)c2[n-]c(C)c(C(=O)Oc3ccc(C(F)(F)F)cc3)c2C)C(C)=C1C(=O)Oc1ccc(C(F)(F)F)cc1.[Co+2]. The van der Waals surface area contributed by atoms with Crippen molar-refractivity contribution >= 4 is 46.9 Å². The van der Waals surface area contributed by atoms with Gasteiger partial charge in [0.15, 0.2) is 0 Å². The van der Waals surface area contributed by atoms with Crippen LogP contribution in [0.25, 0.3) is 11.1 Å². The van der Waals surface area contributed by atoms with Crippen molar-refractivity contribution in [2.75, 3.05) is 0 Å². The summed E-state index contributed by atoms with van der Waals surface area (Å²) >= 11 is 0. The second-order valence-electron chi connectivity index (χ2n) is 22.4. The maximum Gasteiger partial charge on any atom is 2.00 e. The molecule has 2 aromatic heterocycles. The van der Waals surface area contributed by atoms with E-state index in [0.717, 1.165) is 125 Å². The minimum atomic E-state index is -4.55. The second-order valence-corrected chi connectivity index (χ2v) is 22.4. The van der Waals surface area contributed by atoms with Gasteiger partial charge in [0.2, 0.25) is 0 Å². The zero-order valence-corrected chi connectivity index (χ0v) is 53.8. The van der Waals surface area contributed by atoms with Crippen LogP contribution < -0.4 is 28.9 Å². The summed E-state index contributed by atoms with van der Waals surface area (Å²) in [6.45, 7) is 17.4. The van der Waals surface area contributed by atoms with E-state index in [9.17, 15) is 71.9 Å². The van der Waals surface area contributed by atoms with Crippen molar-refractivity contribution in [1.82, 2.24) is 9.97 Å². The molecular weight excluding hydrogens is 1340 g/mol. The Hall–Kier alpha value is -10.3. The van der Waals surface area contributed by atoms with Crippen molar-refractivity contribution in [1.29, 1.82) is 0 Å². The second kappa shape index (κ2) is 28.2. The number of hydrogen-bond acceptors (Lipinski definition) is 10. The monoisotopic (exact) mass is 1390 g/mol. The van der Waals surface area contributed by atoms with E-state index < -0.39 is 70.8 Å². The van der Waals surface area contributed by atoms with Gasteiger partial charge in [0.25, 0.3) is 0 Å². The largest absolute Gasteiger partial charge is 2.00 e. The summed E-state index contributed by atoms with van der Waals surface area (Å²) < 4.78 is 177. The molecule has 503 valence electrons. The quantitative estimate of drug-likeness (QED) is 0.0655. The number of nitrogens with zero attached hydrogens (tertiary/aromatic N) is 4. The first-order valence-electron chi connectivity index (χ1n) is 28.9. The first-order chi connectivity index (χ1) is 44.9. The maximum absolute atomic E-state index is 13.3. The van der Waals surface area contributed by atoms with Gasteiger partial charge in [-0.05, 0) is 204 Å². The van der Waals surface area contributed by atoms with Crippen LogP contribution in [0, 0.1) is 48.5 Å². The average molecular weight is 1390 g/mol. The van der Waals surface area contributed by atoms with Gasteiger partial charge in [-0.2, -0.15) is 58.9 Å². The Morgan fingerprint density at radius 3 is 1.27 bits per heavy atom. The van der Waals surface area contributed by atoms with Gasteiger partial charge < -0.3 is 28.9 Å². The number of carbonyl (C=O) groups is 4. The van der Waals surface area contributed by atoms with E-state index in [1.165, 1.54) is 12.4 Å². The molecule has 8 aromatic rings. The van der Waals surface area contributed by atoms with Crippen LogP contribution in [0.2, 0.25) is 0 Å². The molecular formula is C72H54CoF12N4O8. The molecule has 0 N–H and O–H groups in total. The minimum Gasteiger partial charge on any atom is -0.663 e. The molecule has 0 bridgehead atoms. The molecule has 4 heterocycles. The number of aliphatic imine (C=N–C) groups is 2. The summed E-state index contributed by atoms with van der Waals surface area (Å²) in [6, 6.07) is 26.2. The number of alkyl halides is 12. The van der Waals surface area contributed by atoms with E-state index in [-0.39, 0.29) is 62.0 Å². The number of benzene rings is 6. The van der Waals surface area contributed by atoms with Crippen molar-refractivity contribution < 1.29 is 108 Å². The fraction of sp³-hybridized carbons (Fsp3) is 0.194. The normalized spacial score (nSPS) is 14.4. The van der Waals surface area contributed by atoms with E-state index in [2.05, 4.69) is 20.0 Å².